The molecule has 0 aliphatic heterocycles. The highest BCUT2D eigenvalue weighted by Gasteiger charge is 2.13. The Morgan fingerprint density at radius 1 is 1.38 bits per heavy atom. The first-order valence-corrected chi connectivity index (χ1v) is 7.45. The summed E-state index contributed by atoms with van der Waals surface area (Å²) in [4.78, 5) is 14.3. The van der Waals surface area contributed by atoms with Crippen LogP contribution in [0, 0.1) is 0 Å². The Morgan fingerprint density at radius 3 is 2.62 bits per heavy atom. The van der Waals surface area contributed by atoms with E-state index in [0.29, 0.717) is 29.6 Å². The summed E-state index contributed by atoms with van der Waals surface area (Å²) in [5.74, 6) is 0.586. The summed E-state index contributed by atoms with van der Waals surface area (Å²) in [6, 6.07) is 5.73. The lowest BCUT2D eigenvalue weighted by atomic mass is 10.1. The van der Waals surface area contributed by atoms with Crippen LogP contribution in [0.25, 0.3) is 0 Å². The molecule has 0 bridgehead atoms. The summed E-state index contributed by atoms with van der Waals surface area (Å²) in [6.07, 6.45) is 2.64. The highest BCUT2D eigenvalue weighted by molar-refractivity contribution is 5.93. The van der Waals surface area contributed by atoms with Gasteiger partial charge in [0.1, 0.15) is 5.75 Å². The van der Waals surface area contributed by atoms with E-state index < -0.39 is 0 Å². The first-order chi connectivity index (χ1) is 10.0. The smallest absolute Gasteiger partial charge is 0.225 e. The predicted molar refractivity (Wildman–Crippen MR) is 87.7 cm³/mol. The van der Waals surface area contributed by atoms with Crippen molar-refractivity contribution in [1.82, 2.24) is 4.90 Å². The van der Waals surface area contributed by atoms with E-state index in [2.05, 4.69) is 31.1 Å². The van der Waals surface area contributed by atoms with E-state index >= 15 is 0 Å². The van der Waals surface area contributed by atoms with Crippen LogP contribution in [-0.4, -0.2) is 37.6 Å². The molecule has 1 rings (SSSR count). The van der Waals surface area contributed by atoms with Gasteiger partial charge in [-0.25, -0.2) is 0 Å². The number of methoxy groups -OCH3 is 1. The third-order valence-corrected chi connectivity index (χ3v) is 3.76. The lowest BCUT2D eigenvalue weighted by Crippen LogP contribution is -2.33. The Balaban J connectivity index is 2.56. The Labute approximate surface area is 127 Å². The fourth-order valence-corrected chi connectivity index (χ4v) is 2.41. The minimum absolute atomic E-state index is 0.0308. The molecule has 0 fully saturated rings. The number of carbonyl (C=O) groups is 1. The number of nitrogens with one attached hydrogen (secondary N) is 1. The highest BCUT2D eigenvalue weighted by atomic mass is 16.5. The van der Waals surface area contributed by atoms with E-state index in [9.17, 15) is 4.79 Å². The monoisotopic (exact) mass is 293 g/mol. The molecule has 0 saturated carbocycles. The average Bonchev–Trinajstić information content (AvgIpc) is 2.46. The van der Waals surface area contributed by atoms with Crippen molar-refractivity contribution in [3.8, 4) is 5.75 Å². The number of amides is 1. The Hall–Kier alpha value is -1.75. The molecule has 1 amide bonds. The maximum Gasteiger partial charge on any atom is 0.225 e. The molecule has 21 heavy (non-hydrogen) atoms. The molecule has 0 aliphatic carbocycles. The van der Waals surface area contributed by atoms with Crippen molar-refractivity contribution in [1.29, 1.82) is 0 Å². The highest BCUT2D eigenvalue weighted by Crippen LogP contribution is 2.26. The fourth-order valence-electron chi connectivity index (χ4n) is 2.41. The lowest BCUT2D eigenvalue weighted by molar-refractivity contribution is -0.116. The van der Waals surface area contributed by atoms with E-state index in [1.165, 1.54) is 0 Å². The molecule has 118 valence electrons. The largest absolute Gasteiger partial charge is 0.495 e. The Morgan fingerprint density at radius 2 is 2.05 bits per heavy atom. The Kier molecular flexibility index (Phi) is 7.02. The van der Waals surface area contributed by atoms with Crippen LogP contribution in [0.4, 0.5) is 11.4 Å². The van der Waals surface area contributed by atoms with Crippen LogP contribution in [-0.2, 0) is 4.79 Å². The van der Waals surface area contributed by atoms with Crippen LogP contribution in [0.15, 0.2) is 18.2 Å². The van der Waals surface area contributed by atoms with Crippen LogP contribution in [0.3, 0.4) is 0 Å². The number of rotatable bonds is 8. The number of nitrogens with zero attached hydrogens (tertiary/aromatic N) is 1. The topological polar surface area (TPSA) is 67.6 Å². The lowest BCUT2D eigenvalue weighted by Gasteiger charge is -2.25. The minimum Gasteiger partial charge on any atom is -0.495 e. The molecule has 0 atom stereocenters. The number of carbonyl (C=O) groups excluding carboxylic acids is 1. The summed E-state index contributed by atoms with van der Waals surface area (Å²) < 4.78 is 5.22. The summed E-state index contributed by atoms with van der Waals surface area (Å²) in [6.45, 7) is 5.08. The molecule has 0 aromatic heterocycles. The number of anilines is 2. The van der Waals surface area contributed by atoms with Gasteiger partial charge in [-0.1, -0.05) is 13.8 Å². The summed E-state index contributed by atoms with van der Waals surface area (Å²) in [5, 5.41) is 2.86. The normalized spacial score (nSPS) is 11.0. The first kappa shape index (κ1) is 17.3. The standard InChI is InChI=1S/C16H27N3O2/c1-5-13(6-2)19(3)10-9-16(20)18-14-11-12(17)7-8-15(14)21-4/h7-8,11,13H,5-6,9-10,17H2,1-4H3,(H,18,20). The second-order valence-electron chi connectivity index (χ2n) is 5.21. The van der Waals surface area contributed by atoms with Crippen LogP contribution < -0.4 is 15.8 Å². The van der Waals surface area contributed by atoms with Gasteiger partial charge in [-0.3, -0.25) is 4.79 Å². The SMILES string of the molecule is CCC(CC)N(C)CCC(=O)Nc1cc(N)ccc1OC. The van der Waals surface area contributed by atoms with Gasteiger partial charge in [0.2, 0.25) is 5.91 Å². The molecule has 0 heterocycles. The third kappa shape index (κ3) is 5.27. The molecule has 0 saturated heterocycles. The molecule has 1 aromatic rings. The van der Waals surface area contributed by atoms with Crippen molar-refractivity contribution in [2.75, 3.05) is 31.8 Å². The number of ether oxygens (including phenoxy) is 1. The van der Waals surface area contributed by atoms with Gasteiger partial charge >= 0.3 is 0 Å². The molecular formula is C16H27N3O2. The number of hydrogen-bond acceptors (Lipinski definition) is 4. The van der Waals surface area contributed by atoms with Crippen molar-refractivity contribution in [2.45, 2.75) is 39.2 Å². The van der Waals surface area contributed by atoms with Gasteiger partial charge in [-0.05, 0) is 38.1 Å². The Bertz CT molecular complexity index is 459. The van der Waals surface area contributed by atoms with Gasteiger partial charge in [-0.2, -0.15) is 0 Å². The maximum absolute atomic E-state index is 12.1. The van der Waals surface area contributed by atoms with Crippen molar-refractivity contribution in [3.05, 3.63) is 18.2 Å². The zero-order chi connectivity index (χ0) is 15.8. The van der Waals surface area contributed by atoms with E-state index in [4.69, 9.17) is 10.5 Å². The average molecular weight is 293 g/mol. The minimum atomic E-state index is -0.0308. The molecule has 5 heteroatoms. The molecule has 0 unspecified atom stereocenters. The van der Waals surface area contributed by atoms with Gasteiger partial charge in [0.05, 0.1) is 12.8 Å². The second kappa shape index (κ2) is 8.52. The summed E-state index contributed by atoms with van der Waals surface area (Å²) >= 11 is 0. The van der Waals surface area contributed by atoms with E-state index in [1.807, 2.05) is 0 Å². The predicted octanol–water partition coefficient (Wildman–Crippen LogP) is 2.73. The number of hydrogen-bond donors (Lipinski definition) is 2. The number of nitrogen functional groups attached to an aromatic ring is 1. The quantitative estimate of drug-likeness (QED) is 0.723. The van der Waals surface area contributed by atoms with Crippen molar-refractivity contribution in [2.24, 2.45) is 0 Å². The molecule has 0 aliphatic rings. The summed E-state index contributed by atoms with van der Waals surface area (Å²) in [7, 11) is 3.63. The van der Waals surface area contributed by atoms with Gasteiger partial charge in [-0.15, -0.1) is 0 Å². The molecule has 3 N–H and O–H groups in total. The number of benzene rings is 1. The van der Waals surface area contributed by atoms with E-state index in [-0.39, 0.29) is 5.91 Å². The van der Waals surface area contributed by atoms with Crippen molar-refractivity contribution < 1.29 is 9.53 Å². The van der Waals surface area contributed by atoms with Crippen LogP contribution >= 0.6 is 0 Å². The molecule has 1 aromatic carbocycles. The maximum atomic E-state index is 12.1. The van der Waals surface area contributed by atoms with Crippen molar-refractivity contribution >= 4 is 17.3 Å². The third-order valence-electron chi connectivity index (χ3n) is 3.76. The van der Waals surface area contributed by atoms with E-state index in [1.54, 1.807) is 25.3 Å². The van der Waals surface area contributed by atoms with Crippen LogP contribution in [0.2, 0.25) is 0 Å². The van der Waals surface area contributed by atoms with Crippen LogP contribution in [0.5, 0.6) is 5.75 Å². The number of nitrogens with two attached hydrogens (primary N) is 1. The van der Waals surface area contributed by atoms with Crippen LogP contribution in [0.1, 0.15) is 33.1 Å². The zero-order valence-corrected chi connectivity index (χ0v) is 13.5. The molecular weight excluding hydrogens is 266 g/mol. The van der Waals surface area contributed by atoms with Gasteiger partial charge in [0.25, 0.3) is 0 Å². The van der Waals surface area contributed by atoms with Gasteiger partial charge in [0.15, 0.2) is 0 Å². The first-order valence-electron chi connectivity index (χ1n) is 7.45. The molecule has 0 radical (unpaired) electrons. The van der Waals surface area contributed by atoms with Crippen molar-refractivity contribution in [3.63, 3.8) is 0 Å². The van der Waals surface area contributed by atoms with Gasteiger partial charge < -0.3 is 20.7 Å². The van der Waals surface area contributed by atoms with Gasteiger partial charge in [0, 0.05) is 24.7 Å². The molecule has 0 spiro atoms. The second-order valence-corrected chi connectivity index (χ2v) is 5.21. The molecule has 5 nitrogen and oxygen atoms in total. The van der Waals surface area contributed by atoms with E-state index in [0.717, 1.165) is 19.4 Å². The zero-order valence-electron chi connectivity index (χ0n) is 13.5. The fraction of sp³-hybridized carbons (Fsp3) is 0.562. The summed E-state index contributed by atoms with van der Waals surface area (Å²) in [5.41, 5.74) is 6.96.